The Morgan fingerprint density at radius 1 is 1.17 bits per heavy atom. The zero-order valence-electron chi connectivity index (χ0n) is 13.5. The van der Waals surface area contributed by atoms with Crippen molar-refractivity contribution in [1.82, 2.24) is 14.8 Å². The van der Waals surface area contributed by atoms with Crippen LogP contribution in [0.4, 0.5) is 5.69 Å². The van der Waals surface area contributed by atoms with Gasteiger partial charge >= 0.3 is 0 Å². The third kappa shape index (κ3) is 3.11. The molecular weight excluding hydrogens is 324 g/mol. The molecule has 2 aromatic heterocycles. The van der Waals surface area contributed by atoms with Crippen LogP contribution in [-0.2, 0) is 7.05 Å². The minimum absolute atomic E-state index is 0.184. The van der Waals surface area contributed by atoms with E-state index in [0.717, 1.165) is 10.6 Å². The van der Waals surface area contributed by atoms with Crippen LogP contribution in [0, 0.1) is 13.8 Å². The van der Waals surface area contributed by atoms with Gasteiger partial charge in [-0.25, -0.2) is 9.67 Å². The molecule has 3 aromatic rings. The van der Waals surface area contributed by atoms with Crippen LogP contribution < -0.4 is 10.9 Å². The number of carbonyl (C=O) groups excluding carboxylic acids is 1. The fourth-order valence-electron chi connectivity index (χ4n) is 2.38. The van der Waals surface area contributed by atoms with E-state index < -0.39 is 0 Å². The second-order valence-electron chi connectivity index (χ2n) is 5.33. The zero-order valence-corrected chi connectivity index (χ0v) is 14.3. The average molecular weight is 340 g/mol. The van der Waals surface area contributed by atoms with Crippen LogP contribution in [0.25, 0.3) is 11.3 Å². The first-order chi connectivity index (χ1) is 11.5. The molecule has 0 radical (unpaired) electrons. The van der Waals surface area contributed by atoms with Crippen molar-refractivity contribution in [2.45, 2.75) is 13.8 Å². The highest BCUT2D eigenvalue weighted by Gasteiger charge is 2.16. The van der Waals surface area contributed by atoms with E-state index in [1.165, 1.54) is 22.1 Å². The summed E-state index contributed by atoms with van der Waals surface area (Å²) in [4.78, 5) is 28.9. The molecule has 6 nitrogen and oxygen atoms in total. The third-order valence-corrected chi connectivity index (χ3v) is 4.59. The van der Waals surface area contributed by atoms with E-state index in [1.807, 2.05) is 38.1 Å². The topological polar surface area (TPSA) is 76.9 Å². The number of hydrogen-bond donors (Lipinski definition) is 1. The number of carbonyl (C=O) groups is 1. The van der Waals surface area contributed by atoms with Crippen molar-refractivity contribution in [2.24, 2.45) is 7.05 Å². The maximum atomic E-state index is 12.5. The van der Waals surface area contributed by atoms with Gasteiger partial charge in [-0.1, -0.05) is 18.2 Å². The molecule has 0 aliphatic heterocycles. The Kier molecular flexibility index (Phi) is 4.26. The normalized spacial score (nSPS) is 10.6. The quantitative estimate of drug-likeness (QED) is 0.795. The lowest BCUT2D eigenvalue weighted by molar-refractivity contribution is 0.103. The van der Waals surface area contributed by atoms with Crippen molar-refractivity contribution < 1.29 is 4.79 Å². The third-order valence-electron chi connectivity index (χ3n) is 3.52. The minimum atomic E-state index is -0.199. The summed E-state index contributed by atoms with van der Waals surface area (Å²) in [5.74, 6) is -0.199. The van der Waals surface area contributed by atoms with E-state index in [2.05, 4.69) is 15.4 Å². The predicted molar refractivity (Wildman–Crippen MR) is 94.5 cm³/mol. The number of nitrogens with one attached hydrogen (secondary N) is 1. The number of aromatic nitrogens is 3. The molecule has 24 heavy (non-hydrogen) atoms. The number of para-hydroxylation sites is 1. The second-order valence-corrected chi connectivity index (χ2v) is 6.53. The smallest absolute Gasteiger partial charge is 0.267 e. The van der Waals surface area contributed by atoms with Crippen molar-refractivity contribution in [3.8, 4) is 11.3 Å². The van der Waals surface area contributed by atoms with Gasteiger partial charge < -0.3 is 5.32 Å². The monoisotopic (exact) mass is 340 g/mol. The molecule has 1 N–H and O–H groups in total. The van der Waals surface area contributed by atoms with Crippen molar-refractivity contribution in [2.75, 3.05) is 5.32 Å². The molecule has 0 saturated heterocycles. The summed E-state index contributed by atoms with van der Waals surface area (Å²) in [6.07, 6.45) is 0. The average Bonchev–Trinajstić information content (AvgIpc) is 2.89. The first kappa shape index (κ1) is 16.1. The Morgan fingerprint density at radius 2 is 1.92 bits per heavy atom. The number of hydrogen-bond acceptors (Lipinski definition) is 5. The Labute approximate surface area is 142 Å². The van der Waals surface area contributed by atoms with Gasteiger partial charge in [-0.05, 0) is 26.0 Å². The van der Waals surface area contributed by atoms with Crippen LogP contribution in [0.3, 0.4) is 0 Å². The second kappa shape index (κ2) is 6.37. The number of thiazole rings is 1. The number of benzene rings is 1. The van der Waals surface area contributed by atoms with Gasteiger partial charge in [-0.3, -0.25) is 9.59 Å². The van der Waals surface area contributed by atoms with Crippen LogP contribution in [0.5, 0.6) is 0 Å². The molecule has 0 spiro atoms. The fraction of sp³-hybridized carbons (Fsp3) is 0.176. The van der Waals surface area contributed by atoms with Crippen LogP contribution in [0.15, 0.2) is 41.2 Å². The molecule has 0 fully saturated rings. The fourth-order valence-corrected chi connectivity index (χ4v) is 3.20. The van der Waals surface area contributed by atoms with E-state index in [-0.39, 0.29) is 11.5 Å². The van der Waals surface area contributed by atoms with Gasteiger partial charge in [0.2, 0.25) is 0 Å². The maximum Gasteiger partial charge on any atom is 0.267 e. The lowest BCUT2D eigenvalue weighted by Gasteiger charge is -2.10. The number of aryl methyl sites for hydroxylation is 3. The van der Waals surface area contributed by atoms with Crippen LogP contribution in [-0.4, -0.2) is 20.7 Å². The summed E-state index contributed by atoms with van der Waals surface area (Å²) < 4.78 is 1.27. The number of rotatable bonds is 3. The van der Waals surface area contributed by atoms with Crippen molar-refractivity contribution >= 4 is 22.9 Å². The molecular formula is C17H16N4O2S. The van der Waals surface area contributed by atoms with E-state index >= 15 is 0 Å². The largest absolute Gasteiger partial charge is 0.321 e. The van der Waals surface area contributed by atoms with E-state index in [0.29, 0.717) is 22.0 Å². The van der Waals surface area contributed by atoms with Gasteiger partial charge in [0.1, 0.15) is 4.88 Å². The summed E-state index contributed by atoms with van der Waals surface area (Å²) in [6, 6.07) is 10.5. The minimum Gasteiger partial charge on any atom is -0.321 e. The van der Waals surface area contributed by atoms with Gasteiger partial charge in [-0.15, -0.1) is 11.3 Å². The van der Waals surface area contributed by atoms with E-state index in [1.54, 1.807) is 13.1 Å². The van der Waals surface area contributed by atoms with Crippen molar-refractivity contribution in [1.29, 1.82) is 0 Å². The van der Waals surface area contributed by atoms with Crippen LogP contribution >= 0.6 is 11.3 Å². The lowest BCUT2D eigenvalue weighted by atomic mass is 10.1. The first-order valence-corrected chi connectivity index (χ1v) is 8.16. The van der Waals surface area contributed by atoms with Gasteiger partial charge in [0, 0.05) is 18.7 Å². The Bertz CT molecular complexity index is 975. The molecule has 0 atom stereocenters. The molecule has 0 saturated carbocycles. The standard InChI is InChI=1S/C17H16N4O2S/c1-10-16(24-11(2)18-10)17(23)19-13-7-5-4-6-12(13)14-8-9-15(22)21(3)20-14/h4-9H,1-3H3,(H,19,23). The van der Waals surface area contributed by atoms with Gasteiger partial charge in [0.25, 0.3) is 11.5 Å². The van der Waals surface area contributed by atoms with E-state index in [9.17, 15) is 9.59 Å². The predicted octanol–water partition coefficient (Wildman–Crippen LogP) is 2.77. The molecule has 0 bridgehead atoms. The maximum absolute atomic E-state index is 12.5. The van der Waals surface area contributed by atoms with Gasteiger partial charge in [0.15, 0.2) is 0 Å². The van der Waals surface area contributed by atoms with Gasteiger partial charge in [-0.2, -0.15) is 5.10 Å². The van der Waals surface area contributed by atoms with Crippen LogP contribution in [0.2, 0.25) is 0 Å². The molecule has 0 unspecified atom stereocenters. The van der Waals surface area contributed by atoms with Crippen LogP contribution in [0.1, 0.15) is 20.4 Å². The molecule has 7 heteroatoms. The highest BCUT2D eigenvalue weighted by atomic mass is 32.1. The molecule has 2 heterocycles. The molecule has 122 valence electrons. The highest BCUT2D eigenvalue weighted by molar-refractivity contribution is 7.13. The number of nitrogens with zero attached hydrogens (tertiary/aromatic N) is 3. The Morgan fingerprint density at radius 3 is 2.58 bits per heavy atom. The molecule has 0 aliphatic rings. The van der Waals surface area contributed by atoms with E-state index in [4.69, 9.17) is 0 Å². The number of anilines is 1. The Balaban J connectivity index is 1.97. The molecule has 1 amide bonds. The lowest BCUT2D eigenvalue weighted by Crippen LogP contribution is -2.18. The summed E-state index contributed by atoms with van der Waals surface area (Å²) in [6.45, 7) is 3.69. The SMILES string of the molecule is Cc1nc(C)c(C(=O)Nc2ccccc2-c2ccc(=O)n(C)n2)s1. The Hall–Kier alpha value is -2.80. The zero-order chi connectivity index (χ0) is 17.3. The van der Waals surface area contributed by atoms with Crippen molar-refractivity contribution in [3.05, 3.63) is 62.3 Å². The summed E-state index contributed by atoms with van der Waals surface area (Å²) >= 11 is 1.36. The summed E-state index contributed by atoms with van der Waals surface area (Å²) in [7, 11) is 1.59. The molecule has 1 aromatic carbocycles. The van der Waals surface area contributed by atoms with Crippen molar-refractivity contribution in [3.63, 3.8) is 0 Å². The highest BCUT2D eigenvalue weighted by Crippen LogP contribution is 2.27. The first-order valence-electron chi connectivity index (χ1n) is 7.35. The summed E-state index contributed by atoms with van der Waals surface area (Å²) in [5, 5.41) is 8.02. The molecule has 0 aliphatic carbocycles. The summed E-state index contributed by atoms with van der Waals surface area (Å²) in [5.41, 5.74) is 2.54. The molecule has 3 rings (SSSR count). The number of amides is 1. The van der Waals surface area contributed by atoms with Gasteiger partial charge in [0.05, 0.1) is 22.1 Å².